The van der Waals surface area contributed by atoms with E-state index in [0.717, 1.165) is 50.1 Å². The molecule has 4 rings (SSSR count). The van der Waals surface area contributed by atoms with Crippen LogP contribution in [-0.4, -0.2) is 39.0 Å². The van der Waals surface area contributed by atoms with Crippen molar-refractivity contribution in [1.82, 2.24) is 24.3 Å². The van der Waals surface area contributed by atoms with E-state index in [-0.39, 0.29) is 22.4 Å². The quantitative estimate of drug-likeness (QED) is 0.683. The zero-order chi connectivity index (χ0) is 18.3. The average molecular weight is 373 g/mol. The summed E-state index contributed by atoms with van der Waals surface area (Å²) in [5, 5.41) is 8.77. The first kappa shape index (κ1) is 16.9. The van der Waals surface area contributed by atoms with Crippen LogP contribution >= 0.6 is 0 Å². The Morgan fingerprint density at radius 3 is 2.81 bits per heavy atom. The van der Waals surface area contributed by atoms with Gasteiger partial charge < -0.3 is 4.57 Å². The second-order valence-electron chi connectivity index (χ2n) is 6.62. The zero-order valence-electron chi connectivity index (χ0n) is 14.4. The Morgan fingerprint density at radius 1 is 1.15 bits per heavy atom. The van der Waals surface area contributed by atoms with Gasteiger partial charge in [0.2, 0.25) is 0 Å². The van der Waals surface area contributed by atoms with Gasteiger partial charge in [0.15, 0.2) is 15.7 Å². The molecular weight excluding hydrogens is 354 g/mol. The number of aromatic nitrogens is 5. The van der Waals surface area contributed by atoms with E-state index in [2.05, 4.69) is 19.7 Å². The molecule has 1 aliphatic heterocycles. The number of hydrogen-bond acceptors (Lipinski definition) is 6. The maximum absolute atomic E-state index is 12.8. The van der Waals surface area contributed by atoms with Gasteiger partial charge in [0.25, 0.3) is 5.56 Å². The third kappa shape index (κ3) is 3.03. The molecule has 0 spiro atoms. The van der Waals surface area contributed by atoms with E-state index in [1.165, 1.54) is 23.0 Å². The molecular formula is C17H19N5O3S. The molecule has 9 heteroatoms. The van der Waals surface area contributed by atoms with Crippen LogP contribution in [0.15, 0.2) is 34.2 Å². The molecule has 136 valence electrons. The first-order valence-electron chi connectivity index (χ1n) is 8.54. The molecule has 0 N–H and O–H groups in total. The Labute approximate surface area is 150 Å². The maximum atomic E-state index is 12.8. The highest BCUT2D eigenvalue weighted by atomic mass is 32.2. The predicted molar refractivity (Wildman–Crippen MR) is 95.8 cm³/mol. The second kappa shape index (κ2) is 6.31. The van der Waals surface area contributed by atoms with E-state index >= 15 is 0 Å². The number of benzene rings is 1. The molecule has 0 saturated carbocycles. The molecule has 0 bridgehead atoms. The summed E-state index contributed by atoms with van der Waals surface area (Å²) in [4.78, 5) is 17.2. The Morgan fingerprint density at radius 2 is 2.00 bits per heavy atom. The number of aryl methyl sites for hydroxylation is 1. The van der Waals surface area contributed by atoms with E-state index < -0.39 is 9.84 Å². The summed E-state index contributed by atoms with van der Waals surface area (Å²) in [5.41, 5.74) is 0.185. The van der Waals surface area contributed by atoms with E-state index in [4.69, 9.17) is 0 Å². The van der Waals surface area contributed by atoms with Gasteiger partial charge in [-0.1, -0.05) is 6.42 Å². The van der Waals surface area contributed by atoms with Gasteiger partial charge in [-0.15, -0.1) is 10.2 Å². The lowest BCUT2D eigenvalue weighted by Crippen LogP contribution is -2.23. The third-order valence-corrected chi connectivity index (χ3v) is 5.83. The number of fused-ring (bicyclic) bond motifs is 2. The van der Waals surface area contributed by atoms with Crippen molar-refractivity contribution in [3.8, 4) is 0 Å². The summed E-state index contributed by atoms with van der Waals surface area (Å²) in [6, 6.07) is 4.41. The monoisotopic (exact) mass is 373 g/mol. The van der Waals surface area contributed by atoms with Crippen molar-refractivity contribution >= 4 is 20.7 Å². The molecule has 0 fully saturated rings. The van der Waals surface area contributed by atoms with Crippen molar-refractivity contribution in [1.29, 1.82) is 0 Å². The van der Waals surface area contributed by atoms with Crippen LogP contribution in [0.25, 0.3) is 10.9 Å². The minimum atomic E-state index is -3.39. The van der Waals surface area contributed by atoms with Gasteiger partial charge in [-0.05, 0) is 31.0 Å². The summed E-state index contributed by atoms with van der Waals surface area (Å²) >= 11 is 0. The molecule has 0 amide bonds. The van der Waals surface area contributed by atoms with Gasteiger partial charge in [0.1, 0.15) is 5.82 Å². The van der Waals surface area contributed by atoms with E-state index in [1.54, 1.807) is 6.07 Å². The van der Waals surface area contributed by atoms with Crippen LogP contribution in [0.3, 0.4) is 0 Å². The van der Waals surface area contributed by atoms with Crippen molar-refractivity contribution in [2.75, 3.05) is 6.26 Å². The SMILES string of the molecule is CS(=O)(=O)c1ccc2ncn(Cc3nnc4n3CCCCC4)c(=O)c2c1. The van der Waals surface area contributed by atoms with E-state index in [0.29, 0.717) is 5.52 Å². The van der Waals surface area contributed by atoms with Gasteiger partial charge >= 0.3 is 0 Å². The average Bonchev–Trinajstić information content (AvgIpc) is 2.83. The van der Waals surface area contributed by atoms with Gasteiger partial charge in [-0.3, -0.25) is 9.36 Å². The summed E-state index contributed by atoms with van der Waals surface area (Å²) in [6.45, 7) is 1.11. The smallest absolute Gasteiger partial charge is 0.261 e. The molecule has 3 heterocycles. The Hall–Kier alpha value is -2.55. The second-order valence-corrected chi connectivity index (χ2v) is 8.64. The summed E-state index contributed by atoms with van der Waals surface area (Å²) in [7, 11) is -3.39. The van der Waals surface area contributed by atoms with Crippen LogP contribution in [-0.2, 0) is 29.3 Å². The maximum Gasteiger partial charge on any atom is 0.261 e. The van der Waals surface area contributed by atoms with Crippen molar-refractivity contribution in [3.05, 3.63) is 46.5 Å². The lowest BCUT2D eigenvalue weighted by molar-refractivity contribution is 0.582. The molecule has 0 aliphatic carbocycles. The van der Waals surface area contributed by atoms with Gasteiger partial charge in [0, 0.05) is 19.2 Å². The fourth-order valence-electron chi connectivity index (χ4n) is 3.30. The van der Waals surface area contributed by atoms with Gasteiger partial charge in [-0.2, -0.15) is 0 Å². The lowest BCUT2D eigenvalue weighted by Gasteiger charge is -2.09. The van der Waals surface area contributed by atoms with Crippen LogP contribution in [0.5, 0.6) is 0 Å². The highest BCUT2D eigenvalue weighted by Gasteiger charge is 2.16. The van der Waals surface area contributed by atoms with Gasteiger partial charge in [-0.25, -0.2) is 13.4 Å². The van der Waals surface area contributed by atoms with Crippen LogP contribution < -0.4 is 5.56 Å². The molecule has 1 aromatic carbocycles. The minimum Gasteiger partial charge on any atom is -0.313 e. The summed E-state index contributed by atoms with van der Waals surface area (Å²) in [6.07, 6.45) is 6.83. The van der Waals surface area contributed by atoms with E-state index in [9.17, 15) is 13.2 Å². The van der Waals surface area contributed by atoms with Crippen molar-refractivity contribution in [2.45, 2.75) is 43.7 Å². The van der Waals surface area contributed by atoms with Crippen LogP contribution in [0, 0.1) is 0 Å². The van der Waals surface area contributed by atoms with Crippen molar-refractivity contribution in [3.63, 3.8) is 0 Å². The number of hydrogen-bond donors (Lipinski definition) is 0. The largest absolute Gasteiger partial charge is 0.313 e. The first-order valence-corrected chi connectivity index (χ1v) is 10.4. The molecule has 0 radical (unpaired) electrons. The number of sulfone groups is 1. The van der Waals surface area contributed by atoms with Crippen LogP contribution in [0.1, 0.15) is 30.9 Å². The standard InChI is InChI=1S/C17H19N5O3S/c1-26(24,25)12-6-7-14-13(9-12)17(23)21(11-18-14)10-16-20-19-15-5-3-2-4-8-22(15)16/h6-7,9,11H,2-5,8,10H2,1H3. The number of nitrogens with zero attached hydrogens (tertiary/aromatic N) is 5. The minimum absolute atomic E-state index is 0.109. The molecule has 8 nitrogen and oxygen atoms in total. The normalized spacial score (nSPS) is 15.0. The molecule has 0 atom stereocenters. The fraction of sp³-hybridized carbons (Fsp3) is 0.412. The lowest BCUT2D eigenvalue weighted by atomic mass is 10.2. The topological polar surface area (TPSA) is 99.7 Å². The summed E-state index contributed by atoms with van der Waals surface area (Å²) in [5.74, 6) is 1.68. The Bertz CT molecular complexity index is 1150. The zero-order valence-corrected chi connectivity index (χ0v) is 15.2. The van der Waals surface area contributed by atoms with Crippen molar-refractivity contribution in [2.24, 2.45) is 0 Å². The third-order valence-electron chi connectivity index (χ3n) is 4.72. The van der Waals surface area contributed by atoms with Crippen molar-refractivity contribution < 1.29 is 8.42 Å². The fourth-order valence-corrected chi connectivity index (χ4v) is 3.94. The molecule has 2 aromatic heterocycles. The highest BCUT2D eigenvalue weighted by molar-refractivity contribution is 7.90. The van der Waals surface area contributed by atoms with Crippen LogP contribution in [0.4, 0.5) is 0 Å². The molecule has 0 unspecified atom stereocenters. The Kier molecular flexibility index (Phi) is 4.10. The van der Waals surface area contributed by atoms with Gasteiger partial charge in [0.05, 0.1) is 28.7 Å². The number of rotatable bonds is 3. The highest BCUT2D eigenvalue weighted by Crippen LogP contribution is 2.16. The Balaban J connectivity index is 1.77. The predicted octanol–water partition coefficient (Wildman–Crippen LogP) is 1.17. The summed E-state index contributed by atoms with van der Waals surface area (Å²) < 4.78 is 27.1. The molecule has 3 aromatic rings. The van der Waals surface area contributed by atoms with Crippen LogP contribution in [0.2, 0.25) is 0 Å². The first-order chi connectivity index (χ1) is 12.4. The van der Waals surface area contributed by atoms with E-state index in [1.807, 2.05) is 0 Å². The molecule has 0 saturated heterocycles. The molecule has 1 aliphatic rings. The molecule has 26 heavy (non-hydrogen) atoms.